The minimum atomic E-state index is -0.535. The van der Waals surface area contributed by atoms with E-state index in [2.05, 4.69) is 43.3 Å². The molecule has 0 saturated carbocycles. The van der Waals surface area contributed by atoms with E-state index < -0.39 is 19.3 Å². The maximum Gasteiger partial charge on any atom is 0.538 e. The van der Waals surface area contributed by atoms with Crippen LogP contribution in [0.25, 0.3) is 0 Å². The topological polar surface area (TPSA) is 3.24 Å². The van der Waals surface area contributed by atoms with Gasteiger partial charge in [0.2, 0.25) is 0 Å². The number of hydrogen-bond donors (Lipinski definition) is 0. The standard InChI is InChI=1S/C9H12N.ClH.Mg/c1-10(2)8-9-6-4-3-5-7-9;;/h3-6H,8H2,1-2H3;1H;/q;;+1/p-1. The third-order valence-electron chi connectivity index (χ3n) is 1.75. The van der Waals surface area contributed by atoms with Crippen molar-refractivity contribution in [3.8, 4) is 0 Å². The predicted octanol–water partition coefficient (Wildman–Crippen LogP) is 1.23. The normalized spacial score (nSPS) is 10.0. The number of halogens is 1. The zero-order valence-corrected chi connectivity index (χ0v) is 9.72. The van der Waals surface area contributed by atoms with E-state index in [1.54, 1.807) is 0 Å². The highest BCUT2D eigenvalue weighted by molar-refractivity contribution is 7.01. The molecule has 1 nitrogen and oxygen atoms in total. The summed E-state index contributed by atoms with van der Waals surface area (Å²) in [5.41, 5.74) is 1.38. The van der Waals surface area contributed by atoms with Crippen molar-refractivity contribution in [3.63, 3.8) is 0 Å². The van der Waals surface area contributed by atoms with Gasteiger partial charge in [-0.15, -0.1) is 3.69 Å². The van der Waals surface area contributed by atoms with E-state index >= 15 is 0 Å². The number of benzene rings is 1. The predicted molar refractivity (Wildman–Crippen MR) is 55.1 cm³/mol. The van der Waals surface area contributed by atoms with E-state index in [1.165, 1.54) is 9.26 Å². The summed E-state index contributed by atoms with van der Waals surface area (Å²) in [7, 11) is 10.1. The summed E-state index contributed by atoms with van der Waals surface area (Å²) >= 11 is -0.535. The van der Waals surface area contributed by atoms with E-state index in [4.69, 9.17) is 9.07 Å². The average Bonchev–Trinajstić information content (AvgIpc) is 2.04. The van der Waals surface area contributed by atoms with Crippen LogP contribution >= 0.6 is 9.07 Å². The highest BCUT2D eigenvalue weighted by Gasteiger charge is 2.02. The second-order valence-electron chi connectivity index (χ2n) is 3.14. The molecule has 0 unspecified atom stereocenters. The van der Waals surface area contributed by atoms with Crippen LogP contribution in [-0.4, -0.2) is 38.3 Å². The lowest BCUT2D eigenvalue weighted by atomic mass is 10.2. The van der Waals surface area contributed by atoms with Crippen LogP contribution in [0, 0.1) is 0 Å². The SMILES string of the molecule is CN(C)Cc1cccc[c]1[Mg][Cl]. The third-order valence-corrected chi connectivity index (χ3v) is 3.59. The van der Waals surface area contributed by atoms with Gasteiger partial charge in [-0.05, 0) is 14.1 Å². The van der Waals surface area contributed by atoms with E-state index in [1.807, 2.05) is 0 Å². The summed E-state index contributed by atoms with van der Waals surface area (Å²) in [6.45, 7) is 0.996. The summed E-state index contributed by atoms with van der Waals surface area (Å²) in [6.07, 6.45) is 0. The Morgan fingerprint density at radius 2 is 2.00 bits per heavy atom. The van der Waals surface area contributed by atoms with Crippen LogP contribution in [0.15, 0.2) is 24.3 Å². The maximum absolute atomic E-state index is 5.94. The molecule has 62 valence electrons. The molecule has 0 spiro atoms. The van der Waals surface area contributed by atoms with Crippen molar-refractivity contribution in [1.82, 2.24) is 4.90 Å². The second kappa shape index (κ2) is 5.07. The molecule has 1 aromatic carbocycles. The fourth-order valence-electron chi connectivity index (χ4n) is 1.18. The average molecular weight is 194 g/mol. The quantitative estimate of drug-likeness (QED) is 0.654. The Labute approximate surface area is 87.2 Å². The molecule has 3 heteroatoms. The Balaban J connectivity index is 2.82. The summed E-state index contributed by atoms with van der Waals surface area (Å²) in [5.74, 6) is 0. The molecule has 0 heterocycles. The Bertz CT molecular complexity index is 250. The first-order chi connectivity index (χ1) is 5.74. The van der Waals surface area contributed by atoms with Crippen molar-refractivity contribution in [3.05, 3.63) is 29.8 Å². The zero-order valence-electron chi connectivity index (χ0n) is 7.55. The van der Waals surface area contributed by atoms with Crippen molar-refractivity contribution >= 4 is 32.0 Å². The smallest absolute Gasteiger partial charge is 0.336 e. The largest absolute Gasteiger partial charge is 0.538 e. The van der Waals surface area contributed by atoms with Crippen LogP contribution in [0.3, 0.4) is 0 Å². The highest BCUT2D eigenvalue weighted by atomic mass is 35.5. The van der Waals surface area contributed by atoms with E-state index in [0.717, 1.165) is 6.54 Å². The Morgan fingerprint density at radius 1 is 1.33 bits per heavy atom. The van der Waals surface area contributed by atoms with Gasteiger partial charge in [-0.3, -0.25) is 0 Å². The fourth-order valence-corrected chi connectivity index (χ4v) is 2.59. The van der Waals surface area contributed by atoms with Gasteiger partial charge in [-0.1, -0.05) is 29.8 Å². The summed E-state index contributed by atoms with van der Waals surface area (Å²) in [5, 5.41) is 0. The molecule has 0 N–H and O–H groups in total. The molecule has 0 aliphatic heterocycles. The fraction of sp³-hybridized carbons (Fsp3) is 0.333. The molecule has 0 fully saturated rings. The molecule has 0 atom stereocenters. The highest BCUT2D eigenvalue weighted by Crippen LogP contribution is 1.98. The summed E-state index contributed by atoms with van der Waals surface area (Å²) in [6, 6.07) is 8.43. The van der Waals surface area contributed by atoms with Crippen LogP contribution in [-0.2, 0) is 6.54 Å². The van der Waals surface area contributed by atoms with Crippen LogP contribution in [0.5, 0.6) is 0 Å². The van der Waals surface area contributed by atoms with Crippen LogP contribution in [0.2, 0.25) is 0 Å². The number of rotatable bonds is 3. The minimum absolute atomic E-state index is 0.535. The Kier molecular flexibility index (Phi) is 4.36. The molecule has 0 aliphatic carbocycles. The Hall–Kier alpha value is 0.236. The number of nitrogens with zero attached hydrogens (tertiary/aromatic N) is 1. The van der Waals surface area contributed by atoms with Gasteiger partial charge in [0.25, 0.3) is 0 Å². The van der Waals surface area contributed by atoms with Crippen molar-refractivity contribution in [2.45, 2.75) is 6.54 Å². The monoisotopic (exact) mass is 193 g/mol. The molecule has 0 bridgehead atoms. The molecule has 1 rings (SSSR count). The molecule has 0 aromatic heterocycles. The maximum atomic E-state index is 5.94. The first-order valence-electron chi connectivity index (χ1n) is 4.01. The lowest BCUT2D eigenvalue weighted by molar-refractivity contribution is 0.403. The van der Waals surface area contributed by atoms with Crippen molar-refractivity contribution < 1.29 is 0 Å². The van der Waals surface area contributed by atoms with E-state index in [0.29, 0.717) is 0 Å². The van der Waals surface area contributed by atoms with Gasteiger partial charge in [0.15, 0.2) is 0 Å². The molecular weight excluding hydrogens is 182 g/mol. The van der Waals surface area contributed by atoms with Gasteiger partial charge < -0.3 is 14.0 Å². The van der Waals surface area contributed by atoms with Crippen molar-refractivity contribution in [2.24, 2.45) is 0 Å². The zero-order chi connectivity index (χ0) is 8.97. The van der Waals surface area contributed by atoms with Crippen molar-refractivity contribution in [1.29, 1.82) is 0 Å². The second-order valence-corrected chi connectivity index (χ2v) is 4.97. The van der Waals surface area contributed by atoms with Gasteiger partial charge in [-0.25, -0.2) is 0 Å². The van der Waals surface area contributed by atoms with Crippen LogP contribution in [0.1, 0.15) is 5.56 Å². The molecule has 0 saturated heterocycles. The summed E-state index contributed by atoms with van der Waals surface area (Å²) in [4.78, 5) is 2.17. The first-order valence-corrected chi connectivity index (χ1v) is 6.86. The number of hydrogen-bond acceptors (Lipinski definition) is 1. The third kappa shape index (κ3) is 2.94. The van der Waals surface area contributed by atoms with E-state index in [9.17, 15) is 0 Å². The minimum Gasteiger partial charge on any atom is -0.336 e. The molecular formula is C9H12ClMgN. The van der Waals surface area contributed by atoms with Crippen molar-refractivity contribution in [2.75, 3.05) is 14.1 Å². The summed E-state index contributed by atoms with van der Waals surface area (Å²) < 4.78 is 1.37. The van der Waals surface area contributed by atoms with Gasteiger partial charge in [0.1, 0.15) is 0 Å². The van der Waals surface area contributed by atoms with Gasteiger partial charge in [0, 0.05) is 6.54 Å². The van der Waals surface area contributed by atoms with Crippen LogP contribution in [0.4, 0.5) is 0 Å². The van der Waals surface area contributed by atoms with Gasteiger partial charge in [-0.2, -0.15) is 0 Å². The van der Waals surface area contributed by atoms with E-state index in [-0.39, 0.29) is 0 Å². The molecule has 0 amide bonds. The van der Waals surface area contributed by atoms with Crippen LogP contribution < -0.4 is 3.69 Å². The lowest BCUT2D eigenvalue weighted by Gasteiger charge is -2.12. The van der Waals surface area contributed by atoms with Gasteiger partial charge in [0.05, 0.1) is 0 Å². The first kappa shape index (κ1) is 10.3. The van der Waals surface area contributed by atoms with Gasteiger partial charge >= 0.3 is 19.3 Å². The molecule has 12 heavy (non-hydrogen) atoms. The lowest BCUT2D eigenvalue weighted by Crippen LogP contribution is -2.21. The molecule has 1 aromatic rings. The Morgan fingerprint density at radius 3 is 2.58 bits per heavy atom. The molecule has 0 radical (unpaired) electrons. The molecule has 0 aliphatic rings.